The number of aryl methyl sites for hydroxylation is 1. The highest BCUT2D eigenvalue weighted by molar-refractivity contribution is 7.52. The van der Waals surface area contributed by atoms with Crippen LogP contribution in [0, 0.1) is 16.7 Å². The van der Waals surface area contributed by atoms with E-state index in [4.69, 9.17) is 38.0 Å². The van der Waals surface area contributed by atoms with Crippen molar-refractivity contribution in [3.05, 3.63) is 91.3 Å². The number of benzene rings is 4. The summed E-state index contributed by atoms with van der Waals surface area (Å²) in [7, 11) is -7.52. The number of anilines is 1. The van der Waals surface area contributed by atoms with Crippen molar-refractivity contribution in [2.24, 2.45) is 16.7 Å². The molecule has 0 bridgehead atoms. The molecule has 0 aliphatic carbocycles. The van der Waals surface area contributed by atoms with Gasteiger partial charge in [-0.05, 0) is 66.8 Å². The highest BCUT2D eigenvalue weighted by Crippen LogP contribution is 2.50. The number of aromatic nitrogens is 4. The summed E-state index contributed by atoms with van der Waals surface area (Å²) in [4.78, 5) is 39.8. The van der Waals surface area contributed by atoms with E-state index in [0.29, 0.717) is 21.9 Å². The molecule has 4 atom stereocenters. The minimum atomic E-state index is -4.48. The normalized spacial score (nSPS) is 15.2. The molecule has 20 heteroatoms. The van der Waals surface area contributed by atoms with E-state index in [9.17, 15) is 9.59 Å². The Hall–Kier alpha value is -5.61. The van der Waals surface area contributed by atoms with E-state index in [-0.39, 0.29) is 73.6 Å². The molecule has 0 aliphatic rings. The standard InChI is InChI=1S/C49H65N7O11P2/c1-10-48(5,6)30-62-45(57)33(3)54-68(59,66-40-24-16-20-36-18-12-14-22-38(36)40)64-28-35(26-27-56-32-51-42-43(56)52-47(50)53-44(42)61-9)29-65-69(60,55-34(4)46(58)63-31-49(7,8)11-2)67-41-25-17-21-37-19-13-15-23-39(37)41/h12-25,32-35H,10-11,26-31H2,1-9H3,(H,54,59)(H,55,60)(H2,50,52,53)/t33-,34-,35?,68?,69?/m0/s1. The number of nitrogens with zero attached hydrogens (tertiary/aromatic N) is 4. The molecule has 6 aromatic rings. The molecule has 2 unspecified atom stereocenters. The molecule has 2 heterocycles. The summed E-state index contributed by atoms with van der Waals surface area (Å²) >= 11 is 0. The summed E-state index contributed by atoms with van der Waals surface area (Å²) in [5.74, 6) is -1.44. The molecule has 0 saturated carbocycles. The van der Waals surface area contributed by atoms with E-state index in [2.05, 4.69) is 25.1 Å². The molecule has 18 nitrogen and oxygen atoms in total. The van der Waals surface area contributed by atoms with Crippen LogP contribution in [0.4, 0.5) is 5.95 Å². The topological polar surface area (TPSA) is 227 Å². The van der Waals surface area contributed by atoms with Gasteiger partial charge in [-0.2, -0.15) is 20.1 Å². The SMILES string of the molecule is CCC(C)(C)COC(=O)[C@H](C)NP(=O)(OCC(CCn1cnc2c(OC)nc(N)nc21)COP(=O)(N[C@@H](C)C(=O)OCC(C)(C)CC)Oc1cccc2ccccc12)Oc1cccc2ccccc12. The van der Waals surface area contributed by atoms with Gasteiger partial charge < -0.3 is 33.6 Å². The van der Waals surface area contributed by atoms with E-state index < -0.39 is 45.4 Å². The molecule has 69 heavy (non-hydrogen) atoms. The number of esters is 2. The molecule has 0 aliphatic heterocycles. The quantitative estimate of drug-likeness (QED) is 0.0339. The van der Waals surface area contributed by atoms with Crippen LogP contribution in [0.25, 0.3) is 32.7 Å². The lowest BCUT2D eigenvalue weighted by molar-refractivity contribution is -0.149. The molecule has 0 amide bonds. The molecule has 0 spiro atoms. The van der Waals surface area contributed by atoms with Gasteiger partial charge in [0.2, 0.25) is 11.8 Å². The fourth-order valence-electron chi connectivity index (χ4n) is 6.74. The molecule has 4 N–H and O–H groups in total. The first-order chi connectivity index (χ1) is 32.7. The number of carbonyl (C=O) groups excluding carboxylic acids is 2. The Morgan fingerprint density at radius 3 is 1.64 bits per heavy atom. The Morgan fingerprint density at radius 1 is 0.710 bits per heavy atom. The minimum absolute atomic E-state index is 0.0312. The van der Waals surface area contributed by atoms with Crippen LogP contribution in [-0.4, -0.2) is 77.1 Å². The number of imidazole rings is 1. The number of ether oxygens (including phenoxy) is 3. The average molecular weight is 990 g/mol. The lowest BCUT2D eigenvalue weighted by atomic mass is 9.92. The van der Waals surface area contributed by atoms with Crippen LogP contribution in [0.2, 0.25) is 0 Å². The monoisotopic (exact) mass is 989 g/mol. The van der Waals surface area contributed by atoms with Crippen LogP contribution in [0.5, 0.6) is 17.4 Å². The van der Waals surface area contributed by atoms with Gasteiger partial charge in [-0.15, -0.1) is 0 Å². The number of hydrogen-bond donors (Lipinski definition) is 3. The van der Waals surface area contributed by atoms with Gasteiger partial charge in [-0.3, -0.25) is 18.6 Å². The molecule has 2 aromatic heterocycles. The van der Waals surface area contributed by atoms with Crippen LogP contribution in [0.15, 0.2) is 91.3 Å². The summed E-state index contributed by atoms with van der Waals surface area (Å²) in [6.45, 7) is 14.7. The fourth-order valence-corrected chi connectivity index (χ4v) is 9.91. The molecule has 0 fully saturated rings. The van der Waals surface area contributed by atoms with Crippen LogP contribution in [0.3, 0.4) is 0 Å². The first-order valence-corrected chi connectivity index (χ1v) is 26.1. The van der Waals surface area contributed by atoms with Crippen molar-refractivity contribution in [1.82, 2.24) is 29.7 Å². The first-order valence-electron chi connectivity index (χ1n) is 23.0. The Balaban J connectivity index is 1.33. The second-order valence-corrected chi connectivity index (χ2v) is 21.9. The van der Waals surface area contributed by atoms with Crippen molar-refractivity contribution >= 4 is 66.1 Å². The fraction of sp³-hybridized carbons (Fsp3) is 0.449. The number of rotatable bonds is 26. The van der Waals surface area contributed by atoms with Gasteiger partial charge in [0.15, 0.2) is 11.2 Å². The molecule has 372 valence electrons. The van der Waals surface area contributed by atoms with Gasteiger partial charge >= 0.3 is 27.4 Å². The van der Waals surface area contributed by atoms with E-state index in [1.165, 1.54) is 21.0 Å². The number of fused-ring (bicyclic) bond motifs is 3. The predicted molar refractivity (Wildman–Crippen MR) is 266 cm³/mol. The highest BCUT2D eigenvalue weighted by Gasteiger charge is 2.37. The molecule has 0 radical (unpaired) electrons. The van der Waals surface area contributed by atoms with E-state index in [0.717, 1.165) is 23.6 Å². The number of nitrogen functional groups attached to an aromatic ring is 1. The Labute approximate surface area is 403 Å². The summed E-state index contributed by atoms with van der Waals surface area (Å²) in [6.07, 6.45) is 3.27. The van der Waals surface area contributed by atoms with Gasteiger partial charge in [0.05, 0.1) is 39.9 Å². The number of nitrogens with two attached hydrogens (primary N) is 1. The molecule has 4 aromatic carbocycles. The maximum atomic E-state index is 15.2. The zero-order valence-electron chi connectivity index (χ0n) is 40.8. The average Bonchev–Trinajstić information content (AvgIpc) is 3.74. The maximum Gasteiger partial charge on any atom is 0.459 e. The van der Waals surface area contributed by atoms with Gasteiger partial charge in [0, 0.05) is 23.2 Å². The van der Waals surface area contributed by atoms with Crippen molar-refractivity contribution < 1.29 is 51.0 Å². The lowest BCUT2D eigenvalue weighted by Crippen LogP contribution is -2.37. The molecular formula is C49H65N7O11P2. The van der Waals surface area contributed by atoms with Crippen LogP contribution in [-0.2, 0) is 43.8 Å². The van der Waals surface area contributed by atoms with Crippen LogP contribution >= 0.6 is 15.5 Å². The van der Waals surface area contributed by atoms with Gasteiger partial charge in [0.25, 0.3) is 0 Å². The maximum absolute atomic E-state index is 15.2. The smallest absolute Gasteiger partial charge is 0.459 e. The number of hydrogen-bond acceptors (Lipinski definition) is 15. The number of methoxy groups -OCH3 is 1. The van der Waals surface area contributed by atoms with Crippen molar-refractivity contribution in [1.29, 1.82) is 0 Å². The van der Waals surface area contributed by atoms with Crippen molar-refractivity contribution in [2.45, 2.75) is 93.3 Å². The van der Waals surface area contributed by atoms with Gasteiger partial charge in [-0.1, -0.05) is 114 Å². The minimum Gasteiger partial charge on any atom is -0.479 e. The van der Waals surface area contributed by atoms with Crippen molar-refractivity contribution in [2.75, 3.05) is 39.3 Å². The summed E-state index contributed by atoms with van der Waals surface area (Å²) in [5, 5.41) is 8.55. The highest BCUT2D eigenvalue weighted by atomic mass is 31.2. The largest absolute Gasteiger partial charge is 0.479 e. The second kappa shape index (κ2) is 22.9. The second-order valence-electron chi connectivity index (χ2n) is 18.5. The van der Waals surface area contributed by atoms with Gasteiger partial charge in [0.1, 0.15) is 23.6 Å². The molecule has 6 rings (SSSR count). The van der Waals surface area contributed by atoms with Crippen LogP contribution < -0.4 is 29.7 Å². The van der Waals surface area contributed by atoms with E-state index in [1.807, 2.05) is 102 Å². The summed E-state index contributed by atoms with van der Waals surface area (Å²) in [5.41, 5.74) is 6.21. The van der Waals surface area contributed by atoms with Crippen LogP contribution in [0.1, 0.15) is 74.7 Å². The first kappa shape index (κ1) is 52.8. The third kappa shape index (κ3) is 14.2. The summed E-state index contributed by atoms with van der Waals surface area (Å²) in [6, 6.07) is 23.1. The number of carbonyl (C=O) groups is 2. The van der Waals surface area contributed by atoms with Crippen molar-refractivity contribution in [3.63, 3.8) is 0 Å². The lowest BCUT2D eigenvalue weighted by Gasteiger charge is -2.28. The van der Waals surface area contributed by atoms with Crippen molar-refractivity contribution in [3.8, 4) is 17.4 Å². The van der Waals surface area contributed by atoms with E-state index >= 15 is 9.13 Å². The van der Waals surface area contributed by atoms with E-state index in [1.54, 1.807) is 35.2 Å². The predicted octanol–water partition coefficient (Wildman–Crippen LogP) is 10.1. The third-order valence-corrected chi connectivity index (χ3v) is 15.1. The Kier molecular flexibility index (Phi) is 17.5. The third-order valence-electron chi connectivity index (χ3n) is 11.9. The Morgan fingerprint density at radius 2 is 1.17 bits per heavy atom. The zero-order valence-corrected chi connectivity index (χ0v) is 42.6. The van der Waals surface area contributed by atoms with Gasteiger partial charge in [-0.25, -0.2) is 14.1 Å². The molecular weight excluding hydrogens is 925 g/mol. The summed E-state index contributed by atoms with van der Waals surface area (Å²) < 4.78 is 73.9. The molecule has 0 saturated heterocycles. The number of nitrogens with one attached hydrogen (secondary N) is 2. The zero-order chi connectivity index (χ0) is 50.0. The Bertz CT molecular complexity index is 2670.